The van der Waals surface area contributed by atoms with E-state index in [9.17, 15) is 10.1 Å². The van der Waals surface area contributed by atoms with E-state index in [0.717, 1.165) is 0 Å². The number of nitro benzene ring substituents is 1. The zero-order valence-electron chi connectivity index (χ0n) is 13.3. The SMILES string of the molecule is Cn1cc2cc(B3OC(C)(C)C(C)(C)O3)cc([N+](=O)[O-])c2n1. The van der Waals surface area contributed by atoms with E-state index < -0.39 is 23.2 Å². The summed E-state index contributed by atoms with van der Waals surface area (Å²) < 4.78 is 13.5. The molecule has 1 aromatic heterocycles. The molecule has 0 atom stereocenters. The summed E-state index contributed by atoms with van der Waals surface area (Å²) in [5, 5.41) is 16.2. The minimum Gasteiger partial charge on any atom is -0.399 e. The summed E-state index contributed by atoms with van der Waals surface area (Å²) >= 11 is 0. The van der Waals surface area contributed by atoms with Crippen molar-refractivity contribution in [3.8, 4) is 0 Å². The van der Waals surface area contributed by atoms with E-state index in [1.54, 1.807) is 17.9 Å². The van der Waals surface area contributed by atoms with Gasteiger partial charge < -0.3 is 9.31 Å². The van der Waals surface area contributed by atoms with Gasteiger partial charge in [0.2, 0.25) is 0 Å². The highest BCUT2D eigenvalue weighted by molar-refractivity contribution is 6.62. The van der Waals surface area contributed by atoms with Crippen molar-refractivity contribution in [2.45, 2.75) is 38.9 Å². The number of aromatic nitrogens is 2. The number of aryl methyl sites for hydroxylation is 1. The molecule has 8 heteroatoms. The lowest BCUT2D eigenvalue weighted by Gasteiger charge is -2.32. The molecule has 0 N–H and O–H groups in total. The first-order chi connectivity index (χ1) is 10.1. The lowest BCUT2D eigenvalue weighted by molar-refractivity contribution is -0.383. The van der Waals surface area contributed by atoms with Crippen LogP contribution in [0.1, 0.15) is 27.7 Å². The lowest BCUT2D eigenvalue weighted by Crippen LogP contribution is -2.41. The molecule has 0 spiro atoms. The van der Waals surface area contributed by atoms with Gasteiger partial charge in [-0.2, -0.15) is 5.10 Å². The molecule has 0 radical (unpaired) electrons. The van der Waals surface area contributed by atoms with E-state index in [4.69, 9.17) is 9.31 Å². The third kappa shape index (κ3) is 2.19. The zero-order valence-corrected chi connectivity index (χ0v) is 13.3. The standard InChI is InChI=1S/C14H18BN3O4/c1-13(2)14(3,4)22-15(21-13)10-6-9-8-17(5)16-12(9)11(7-10)18(19)20/h6-8H,1-5H3. The van der Waals surface area contributed by atoms with Crippen LogP contribution in [0.2, 0.25) is 0 Å². The van der Waals surface area contributed by atoms with E-state index in [0.29, 0.717) is 16.4 Å². The van der Waals surface area contributed by atoms with Crippen molar-refractivity contribution >= 4 is 29.2 Å². The second-order valence-electron chi connectivity index (χ2n) is 6.63. The predicted molar refractivity (Wildman–Crippen MR) is 83.1 cm³/mol. The van der Waals surface area contributed by atoms with Crippen LogP contribution in [0, 0.1) is 10.1 Å². The second kappa shape index (κ2) is 4.53. The summed E-state index contributed by atoms with van der Waals surface area (Å²) in [5.41, 5.74) is -0.0198. The van der Waals surface area contributed by atoms with Crippen LogP contribution >= 0.6 is 0 Å². The number of nitro groups is 1. The molecule has 0 aliphatic carbocycles. The highest BCUT2D eigenvalue weighted by atomic mass is 16.7. The van der Waals surface area contributed by atoms with Gasteiger partial charge in [0.25, 0.3) is 5.69 Å². The summed E-state index contributed by atoms with van der Waals surface area (Å²) in [4.78, 5) is 10.9. The Morgan fingerprint density at radius 1 is 1.23 bits per heavy atom. The van der Waals surface area contributed by atoms with Crippen LogP contribution in [0.15, 0.2) is 18.3 Å². The third-order valence-corrected chi connectivity index (χ3v) is 4.45. The van der Waals surface area contributed by atoms with Gasteiger partial charge in [-0.1, -0.05) is 6.07 Å². The van der Waals surface area contributed by atoms with Crippen molar-refractivity contribution in [1.29, 1.82) is 0 Å². The summed E-state index contributed by atoms with van der Waals surface area (Å²) in [6.45, 7) is 7.79. The second-order valence-corrected chi connectivity index (χ2v) is 6.63. The first-order valence-corrected chi connectivity index (χ1v) is 7.08. The van der Waals surface area contributed by atoms with Crippen LogP contribution in [0.4, 0.5) is 5.69 Å². The predicted octanol–water partition coefficient (Wildman–Crippen LogP) is 1.78. The molecule has 116 valence electrons. The van der Waals surface area contributed by atoms with E-state index in [1.807, 2.05) is 33.8 Å². The van der Waals surface area contributed by atoms with Gasteiger partial charge in [-0.25, -0.2) is 0 Å². The van der Waals surface area contributed by atoms with Gasteiger partial charge in [0.15, 0.2) is 5.52 Å². The van der Waals surface area contributed by atoms with Crippen molar-refractivity contribution in [3.05, 3.63) is 28.4 Å². The Morgan fingerprint density at radius 2 is 1.82 bits per heavy atom. The monoisotopic (exact) mass is 303 g/mol. The molecule has 1 aliphatic heterocycles. The molecule has 2 aromatic rings. The first-order valence-electron chi connectivity index (χ1n) is 7.08. The average Bonchev–Trinajstić information content (AvgIpc) is 2.84. The molecule has 2 heterocycles. The summed E-state index contributed by atoms with van der Waals surface area (Å²) in [5.74, 6) is 0. The molecular formula is C14H18BN3O4. The molecule has 3 rings (SSSR count). The zero-order chi connectivity index (χ0) is 16.3. The van der Waals surface area contributed by atoms with Crippen LogP contribution in [0.5, 0.6) is 0 Å². The number of fused-ring (bicyclic) bond motifs is 1. The molecule has 1 fully saturated rings. The molecule has 0 amide bonds. The van der Waals surface area contributed by atoms with Crippen LogP contribution in [0.25, 0.3) is 10.9 Å². The Kier molecular flexibility index (Phi) is 3.09. The fourth-order valence-corrected chi connectivity index (χ4v) is 2.51. The molecular weight excluding hydrogens is 285 g/mol. The van der Waals surface area contributed by atoms with Gasteiger partial charge in [-0.15, -0.1) is 0 Å². The highest BCUT2D eigenvalue weighted by Crippen LogP contribution is 2.37. The Labute approximate surface area is 128 Å². The summed E-state index contributed by atoms with van der Waals surface area (Å²) in [7, 11) is 1.10. The van der Waals surface area contributed by atoms with Crippen molar-refractivity contribution in [3.63, 3.8) is 0 Å². The van der Waals surface area contributed by atoms with Gasteiger partial charge >= 0.3 is 7.12 Å². The number of rotatable bonds is 2. The topological polar surface area (TPSA) is 79.4 Å². The van der Waals surface area contributed by atoms with Gasteiger partial charge in [0, 0.05) is 24.7 Å². The smallest absolute Gasteiger partial charge is 0.399 e. The molecule has 7 nitrogen and oxygen atoms in total. The molecule has 0 unspecified atom stereocenters. The third-order valence-electron chi connectivity index (χ3n) is 4.45. The van der Waals surface area contributed by atoms with Crippen LogP contribution in [0.3, 0.4) is 0 Å². The van der Waals surface area contributed by atoms with E-state index in [-0.39, 0.29) is 5.69 Å². The Hall–Kier alpha value is -1.93. The minimum absolute atomic E-state index is 0.0391. The van der Waals surface area contributed by atoms with E-state index >= 15 is 0 Å². The quantitative estimate of drug-likeness (QED) is 0.480. The van der Waals surface area contributed by atoms with Gasteiger partial charge in [0.1, 0.15) is 0 Å². The number of hydrogen-bond donors (Lipinski definition) is 0. The maximum absolute atomic E-state index is 11.3. The summed E-state index contributed by atoms with van der Waals surface area (Å²) in [6, 6.07) is 3.31. The Morgan fingerprint density at radius 3 is 2.36 bits per heavy atom. The Bertz CT molecular complexity index is 753. The molecule has 1 saturated heterocycles. The fraction of sp³-hybridized carbons (Fsp3) is 0.500. The van der Waals surface area contributed by atoms with Crippen LogP contribution in [-0.2, 0) is 16.4 Å². The van der Waals surface area contributed by atoms with Crippen molar-refractivity contribution in [2.75, 3.05) is 0 Å². The molecule has 1 aromatic carbocycles. The maximum Gasteiger partial charge on any atom is 0.495 e. The van der Waals surface area contributed by atoms with Crippen LogP contribution < -0.4 is 5.46 Å². The van der Waals surface area contributed by atoms with E-state index in [1.165, 1.54) is 6.07 Å². The summed E-state index contributed by atoms with van der Waals surface area (Å²) in [6.07, 6.45) is 1.75. The highest BCUT2D eigenvalue weighted by Gasteiger charge is 2.52. The lowest BCUT2D eigenvalue weighted by atomic mass is 9.78. The van der Waals surface area contributed by atoms with Crippen molar-refractivity contribution in [1.82, 2.24) is 9.78 Å². The number of nitrogens with zero attached hydrogens (tertiary/aromatic N) is 3. The average molecular weight is 303 g/mol. The van der Waals surface area contributed by atoms with Crippen LogP contribution in [-0.4, -0.2) is 33.0 Å². The minimum atomic E-state index is -0.631. The van der Waals surface area contributed by atoms with E-state index in [2.05, 4.69) is 5.10 Å². The number of hydrogen-bond acceptors (Lipinski definition) is 5. The molecule has 0 bridgehead atoms. The normalized spacial score (nSPS) is 19.8. The molecule has 1 aliphatic rings. The Balaban J connectivity index is 2.11. The maximum atomic E-state index is 11.3. The van der Waals surface area contributed by atoms with Gasteiger partial charge in [-0.3, -0.25) is 14.8 Å². The van der Waals surface area contributed by atoms with Crippen molar-refractivity contribution < 1.29 is 14.2 Å². The van der Waals surface area contributed by atoms with Gasteiger partial charge in [0.05, 0.1) is 16.1 Å². The van der Waals surface area contributed by atoms with Crippen molar-refractivity contribution in [2.24, 2.45) is 7.05 Å². The molecule has 0 saturated carbocycles. The molecule has 22 heavy (non-hydrogen) atoms. The first kappa shape index (κ1) is 15.0. The fourth-order valence-electron chi connectivity index (χ4n) is 2.51. The number of benzene rings is 1. The van der Waals surface area contributed by atoms with Gasteiger partial charge in [-0.05, 0) is 33.2 Å². The largest absolute Gasteiger partial charge is 0.495 e. The number of non-ortho nitro benzene ring substituents is 1.